The first kappa shape index (κ1) is 18.4. The Morgan fingerprint density at radius 3 is 2.44 bits per heavy atom. The molecule has 1 aromatic rings. The lowest BCUT2D eigenvalue weighted by Gasteiger charge is -2.39. The molecule has 0 aromatic heterocycles. The Labute approximate surface area is 147 Å². The second-order valence-corrected chi connectivity index (χ2v) is 7.36. The second-order valence-electron chi connectivity index (χ2n) is 7.36. The van der Waals surface area contributed by atoms with Crippen molar-refractivity contribution in [3.8, 4) is 5.75 Å². The highest BCUT2D eigenvalue weighted by atomic mass is 19.4. The van der Waals surface area contributed by atoms with Crippen molar-refractivity contribution in [1.82, 2.24) is 5.32 Å². The van der Waals surface area contributed by atoms with Crippen molar-refractivity contribution in [2.24, 2.45) is 5.92 Å². The van der Waals surface area contributed by atoms with Gasteiger partial charge in [-0.3, -0.25) is 0 Å². The molecule has 1 N–H and O–H groups in total. The van der Waals surface area contributed by atoms with E-state index in [-0.39, 0.29) is 5.75 Å². The third-order valence-corrected chi connectivity index (χ3v) is 5.42. The Morgan fingerprint density at radius 1 is 1.04 bits per heavy atom. The van der Waals surface area contributed by atoms with E-state index in [9.17, 15) is 13.2 Å². The minimum Gasteiger partial charge on any atom is -0.406 e. The maximum Gasteiger partial charge on any atom is 0.573 e. The minimum absolute atomic E-state index is 0.168. The SMILES string of the molecule is C[C@@H]1CCCCC1N[C@H]1CCCN(c2ccc(OC(F)(F)F)cc2)C1. The van der Waals surface area contributed by atoms with E-state index in [0.29, 0.717) is 12.1 Å². The lowest BCUT2D eigenvalue weighted by molar-refractivity contribution is -0.274. The van der Waals surface area contributed by atoms with Gasteiger partial charge in [-0.15, -0.1) is 13.2 Å². The smallest absolute Gasteiger partial charge is 0.406 e. The van der Waals surface area contributed by atoms with Crippen LogP contribution in [0, 0.1) is 5.92 Å². The number of nitrogens with zero attached hydrogens (tertiary/aromatic N) is 1. The third kappa shape index (κ3) is 5.27. The Hall–Kier alpha value is -1.43. The van der Waals surface area contributed by atoms with E-state index in [2.05, 4.69) is 21.9 Å². The van der Waals surface area contributed by atoms with Gasteiger partial charge >= 0.3 is 6.36 Å². The number of hydrogen-bond donors (Lipinski definition) is 1. The van der Waals surface area contributed by atoms with Crippen LogP contribution in [0.4, 0.5) is 18.9 Å². The van der Waals surface area contributed by atoms with Gasteiger partial charge in [-0.25, -0.2) is 0 Å². The number of hydrogen-bond acceptors (Lipinski definition) is 3. The van der Waals surface area contributed by atoms with Gasteiger partial charge in [-0.05, 0) is 55.9 Å². The molecule has 0 spiro atoms. The van der Waals surface area contributed by atoms with Crippen LogP contribution >= 0.6 is 0 Å². The Morgan fingerprint density at radius 2 is 1.76 bits per heavy atom. The van der Waals surface area contributed by atoms with Crippen LogP contribution in [0.2, 0.25) is 0 Å². The normalized spacial score (nSPS) is 28.0. The number of ether oxygens (including phenoxy) is 1. The highest BCUT2D eigenvalue weighted by Crippen LogP contribution is 2.28. The third-order valence-electron chi connectivity index (χ3n) is 5.42. The van der Waals surface area contributed by atoms with Crippen LogP contribution in [-0.4, -0.2) is 31.5 Å². The van der Waals surface area contributed by atoms with E-state index in [4.69, 9.17) is 0 Å². The van der Waals surface area contributed by atoms with E-state index in [0.717, 1.165) is 37.5 Å². The van der Waals surface area contributed by atoms with Crippen LogP contribution in [0.3, 0.4) is 0 Å². The highest BCUT2D eigenvalue weighted by Gasteiger charge is 2.31. The number of alkyl halides is 3. The molecule has 140 valence electrons. The summed E-state index contributed by atoms with van der Waals surface area (Å²) < 4.78 is 40.7. The molecule has 3 nitrogen and oxygen atoms in total. The molecule has 1 saturated carbocycles. The van der Waals surface area contributed by atoms with E-state index in [1.807, 2.05) is 0 Å². The van der Waals surface area contributed by atoms with Gasteiger partial charge < -0.3 is 15.0 Å². The van der Waals surface area contributed by atoms with Gasteiger partial charge in [0.05, 0.1) is 0 Å². The van der Waals surface area contributed by atoms with Gasteiger partial charge in [-0.2, -0.15) is 0 Å². The molecule has 1 saturated heterocycles. The fourth-order valence-electron chi connectivity index (χ4n) is 4.07. The summed E-state index contributed by atoms with van der Waals surface area (Å²) in [6.07, 6.45) is 2.81. The summed E-state index contributed by atoms with van der Waals surface area (Å²) in [5.41, 5.74) is 0.956. The van der Waals surface area contributed by atoms with Crippen LogP contribution in [0.5, 0.6) is 5.75 Å². The Kier molecular flexibility index (Phi) is 5.77. The van der Waals surface area contributed by atoms with Crippen molar-refractivity contribution in [3.05, 3.63) is 24.3 Å². The molecule has 0 amide bonds. The van der Waals surface area contributed by atoms with Gasteiger partial charge in [0.15, 0.2) is 0 Å². The van der Waals surface area contributed by atoms with Crippen molar-refractivity contribution in [1.29, 1.82) is 0 Å². The first-order valence-electron chi connectivity index (χ1n) is 9.27. The average molecular weight is 356 g/mol. The molecule has 1 aromatic carbocycles. The molecular formula is C19H27F3N2O. The maximum atomic E-state index is 12.3. The average Bonchev–Trinajstić information content (AvgIpc) is 2.57. The summed E-state index contributed by atoms with van der Waals surface area (Å²) in [6.45, 7) is 4.18. The lowest BCUT2D eigenvalue weighted by atomic mass is 9.85. The Bertz CT molecular complexity index is 547. The predicted octanol–water partition coefficient (Wildman–Crippen LogP) is 4.72. The molecular weight excluding hydrogens is 329 g/mol. The zero-order chi connectivity index (χ0) is 17.9. The first-order chi connectivity index (χ1) is 11.9. The molecule has 6 heteroatoms. The summed E-state index contributed by atoms with van der Waals surface area (Å²) in [5, 5.41) is 3.83. The van der Waals surface area contributed by atoms with Crippen molar-refractivity contribution in [3.63, 3.8) is 0 Å². The van der Waals surface area contributed by atoms with Gasteiger partial charge in [0.1, 0.15) is 5.75 Å². The zero-order valence-corrected chi connectivity index (χ0v) is 14.7. The molecule has 2 aliphatic rings. The van der Waals surface area contributed by atoms with Crippen LogP contribution < -0.4 is 15.0 Å². The fourth-order valence-corrected chi connectivity index (χ4v) is 4.07. The van der Waals surface area contributed by atoms with Crippen LogP contribution in [0.25, 0.3) is 0 Å². The Balaban J connectivity index is 1.57. The van der Waals surface area contributed by atoms with Gasteiger partial charge in [-0.1, -0.05) is 19.8 Å². The molecule has 1 unspecified atom stereocenters. The molecule has 25 heavy (non-hydrogen) atoms. The fraction of sp³-hybridized carbons (Fsp3) is 0.684. The van der Waals surface area contributed by atoms with E-state index in [1.165, 1.54) is 37.8 Å². The number of piperidine rings is 1. The van der Waals surface area contributed by atoms with E-state index < -0.39 is 6.36 Å². The molecule has 2 fully saturated rings. The number of halogens is 3. The lowest BCUT2D eigenvalue weighted by Crippen LogP contribution is -2.51. The van der Waals surface area contributed by atoms with Crippen molar-refractivity contribution < 1.29 is 17.9 Å². The molecule has 0 radical (unpaired) electrons. The molecule has 1 heterocycles. The van der Waals surface area contributed by atoms with Crippen molar-refractivity contribution >= 4 is 5.69 Å². The number of anilines is 1. The summed E-state index contributed by atoms with van der Waals surface area (Å²) in [5.74, 6) is 0.557. The minimum atomic E-state index is -4.64. The van der Waals surface area contributed by atoms with E-state index in [1.54, 1.807) is 12.1 Å². The van der Waals surface area contributed by atoms with Crippen molar-refractivity contribution in [2.75, 3.05) is 18.0 Å². The highest BCUT2D eigenvalue weighted by molar-refractivity contribution is 5.49. The number of nitrogens with one attached hydrogen (secondary N) is 1. The number of rotatable bonds is 4. The van der Waals surface area contributed by atoms with Crippen LogP contribution in [0.1, 0.15) is 45.4 Å². The first-order valence-corrected chi connectivity index (χ1v) is 9.27. The van der Waals surface area contributed by atoms with Gasteiger partial charge in [0, 0.05) is 30.9 Å². The molecule has 3 atom stereocenters. The van der Waals surface area contributed by atoms with Gasteiger partial charge in [0.2, 0.25) is 0 Å². The van der Waals surface area contributed by atoms with Crippen molar-refractivity contribution in [2.45, 2.75) is 63.9 Å². The summed E-state index contributed by atoms with van der Waals surface area (Å²) in [7, 11) is 0. The van der Waals surface area contributed by atoms with Crippen LogP contribution in [-0.2, 0) is 0 Å². The molecule has 0 bridgehead atoms. The molecule has 1 aliphatic carbocycles. The summed E-state index contributed by atoms with van der Waals surface area (Å²) >= 11 is 0. The largest absolute Gasteiger partial charge is 0.573 e. The maximum absolute atomic E-state index is 12.3. The van der Waals surface area contributed by atoms with Crippen LogP contribution in [0.15, 0.2) is 24.3 Å². The topological polar surface area (TPSA) is 24.5 Å². The molecule has 3 rings (SSSR count). The second kappa shape index (κ2) is 7.85. The zero-order valence-electron chi connectivity index (χ0n) is 14.7. The number of benzene rings is 1. The summed E-state index contributed by atoms with van der Waals surface area (Å²) in [4.78, 5) is 2.26. The monoisotopic (exact) mass is 356 g/mol. The summed E-state index contributed by atoms with van der Waals surface area (Å²) in [6, 6.07) is 7.26. The predicted molar refractivity (Wildman–Crippen MR) is 92.9 cm³/mol. The molecule has 1 aliphatic heterocycles. The van der Waals surface area contributed by atoms with Gasteiger partial charge in [0.25, 0.3) is 0 Å². The quantitative estimate of drug-likeness (QED) is 0.845. The standard InChI is InChI=1S/C19H27F3N2O/c1-14-5-2-3-7-18(14)23-15-6-4-12-24(13-15)16-8-10-17(11-9-16)25-19(20,21)22/h8-11,14-15,18,23H,2-7,12-13H2,1H3/t14-,15+,18?/m1/s1. The van der Waals surface area contributed by atoms with E-state index >= 15 is 0 Å².